The third kappa shape index (κ3) is 4.69. The van der Waals surface area contributed by atoms with Crippen molar-refractivity contribution in [1.29, 1.82) is 0 Å². The standard InChI is InChI=1S/C20H19BrN2O5/c1-12-8-14(2-7-17(12)21)22-18(24)11-28-16-5-3-15(4-6-16)23-10-13(20(26)27)9-19(23)25/h2-8,13H,9-11H2,1H3,(H,22,24)(H,26,27)/t13-/m1/s1. The third-order valence-corrected chi connectivity index (χ3v) is 5.32. The number of hydrogen-bond donors (Lipinski definition) is 2. The number of amides is 2. The minimum atomic E-state index is -0.970. The molecular weight excluding hydrogens is 428 g/mol. The van der Waals surface area contributed by atoms with Gasteiger partial charge >= 0.3 is 5.97 Å². The second-order valence-electron chi connectivity index (χ2n) is 6.54. The summed E-state index contributed by atoms with van der Waals surface area (Å²) >= 11 is 3.41. The van der Waals surface area contributed by atoms with Crippen LogP contribution in [0.5, 0.6) is 5.75 Å². The van der Waals surface area contributed by atoms with Crippen molar-refractivity contribution in [3.63, 3.8) is 0 Å². The zero-order valence-electron chi connectivity index (χ0n) is 15.1. The van der Waals surface area contributed by atoms with E-state index < -0.39 is 11.9 Å². The van der Waals surface area contributed by atoms with Gasteiger partial charge in [-0.1, -0.05) is 15.9 Å². The lowest BCUT2D eigenvalue weighted by Gasteiger charge is -2.16. The lowest BCUT2D eigenvalue weighted by molar-refractivity contribution is -0.141. The first-order valence-corrected chi connectivity index (χ1v) is 9.45. The molecule has 1 aliphatic heterocycles. The molecule has 28 heavy (non-hydrogen) atoms. The van der Waals surface area contributed by atoms with E-state index in [0.29, 0.717) is 17.1 Å². The summed E-state index contributed by atoms with van der Waals surface area (Å²) in [7, 11) is 0. The number of nitrogens with one attached hydrogen (secondary N) is 1. The van der Waals surface area contributed by atoms with Crippen molar-refractivity contribution in [3.05, 3.63) is 52.5 Å². The van der Waals surface area contributed by atoms with E-state index in [0.717, 1.165) is 10.0 Å². The molecule has 1 heterocycles. The summed E-state index contributed by atoms with van der Waals surface area (Å²) in [5.74, 6) is -1.68. The first-order chi connectivity index (χ1) is 13.3. The number of aliphatic carboxylic acids is 1. The van der Waals surface area contributed by atoms with Gasteiger partial charge in [-0.25, -0.2) is 0 Å². The smallest absolute Gasteiger partial charge is 0.308 e. The number of carbonyl (C=O) groups is 3. The molecule has 0 aliphatic carbocycles. The molecule has 2 amide bonds. The second-order valence-corrected chi connectivity index (χ2v) is 7.39. The number of carbonyl (C=O) groups excluding carboxylic acids is 2. The highest BCUT2D eigenvalue weighted by molar-refractivity contribution is 9.10. The number of hydrogen-bond acceptors (Lipinski definition) is 4. The largest absolute Gasteiger partial charge is 0.484 e. The van der Waals surface area contributed by atoms with Crippen LogP contribution in [0.1, 0.15) is 12.0 Å². The van der Waals surface area contributed by atoms with Crippen molar-refractivity contribution < 1.29 is 24.2 Å². The average Bonchev–Trinajstić information content (AvgIpc) is 3.06. The van der Waals surface area contributed by atoms with Crippen LogP contribution in [0.4, 0.5) is 11.4 Å². The van der Waals surface area contributed by atoms with Gasteiger partial charge in [0, 0.05) is 28.8 Å². The number of carboxylic acids is 1. The Morgan fingerprint density at radius 1 is 1.25 bits per heavy atom. The molecule has 0 radical (unpaired) electrons. The van der Waals surface area contributed by atoms with E-state index in [1.165, 1.54) is 4.90 Å². The zero-order valence-corrected chi connectivity index (χ0v) is 16.7. The maximum Gasteiger partial charge on any atom is 0.308 e. The van der Waals surface area contributed by atoms with Gasteiger partial charge in [0.1, 0.15) is 5.75 Å². The van der Waals surface area contributed by atoms with Crippen molar-refractivity contribution in [3.8, 4) is 5.75 Å². The predicted molar refractivity (Wildman–Crippen MR) is 108 cm³/mol. The number of ether oxygens (including phenoxy) is 1. The molecular formula is C20H19BrN2O5. The van der Waals surface area contributed by atoms with Crippen LogP contribution in [-0.2, 0) is 14.4 Å². The lowest BCUT2D eigenvalue weighted by atomic mass is 10.1. The van der Waals surface area contributed by atoms with Crippen LogP contribution in [0.3, 0.4) is 0 Å². The molecule has 0 unspecified atom stereocenters. The molecule has 0 spiro atoms. The van der Waals surface area contributed by atoms with Crippen LogP contribution in [0, 0.1) is 12.8 Å². The van der Waals surface area contributed by atoms with Gasteiger partial charge in [0.05, 0.1) is 5.92 Å². The molecule has 2 N–H and O–H groups in total. The van der Waals surface area contributed by atoms with Gasteiger partial charge < -0.3 is 20.1 Å². The van der Waals surface area contributed by atoms with E-state index in [9.17, 15) is 14.4 Å². The molecule has 0 bridgehead atoms. The normalized spacial score (nSPS) is 16.1. The van der Waals surface area contributed by atoms with Gasteiger partial charge in [-0.15, -0.1) is 0 Å². The van der Waals surface area contributed by atoms with E-state index >= 15 is 0 Å². The summed E-state index contributed by atoms with van der Waals surface area (Å²) in [5.41, 5.74) is 2.30. The molecule has 0 saturated carbocycles. The summed E-state index contributed by atoms with van der Waals surface area (Å²) in [4.78, 5) is 36.5. The van der Waals surface area contributed by atoms with Gasteiger partial charge in [0.2, 0.25) is 5.91 Å². The van der Waals surface area contributed by atoms with Gasteiger partial charge in [-0.05, 0) is 55.0 Å². The van der Waals surface area contributed by atoms with Crippen LogP contribution in [-0.4, -0.2) is 36.0 Å². The van der Waals surface area contributed by atoms with Crippen LogP contribution in [0.25, 0.3) is 0 Å². The van der Waals surface area contributed by atoms with Crippen LogP contribution < -0.4 is 15.0 Å². The fourth-order valence-corrected chi connectivity index (χ4v) is 3.16. The first kappa shape index (κ1) is 19.9. The molecule has 7 nitrogen and oxygen atoms in total. The Balaban J connectivity index is 1.54. The molecule has 8 heteroatoms. The highest BCUT2D eigenvalue weighted by atomic mass is 79.9. The Bertz CT molecular complexity index is 913. The summed E-state index contributed by atoms with van der Waals surface area (Å²) in [6.07, 6.45) is 0.00326. The summed E-state index contributed by atoms with van der Waals surface area (Å²) in [5, 5.41) is 11.8. The number of rotatable bonds is 6. The highest BCUT2D eigenvalue weighted by Gasteiger charge is 2.34. The Kier molecular flexibility index (Phi) is 5.99. The van der Waals surface area contributed by atoms with Crippen LogP contribution in [0.15, 0.2) is 46.9 Å². The number of benzene rings is 2. The van der Waals surface area contributed by atoms with Crippen molar-refractivity contribution in [2.45, 2.75) is 13.3 Å². The molecule has 146 valence electrons. The molecule has 2 aromatic rings. The van der Waals surface area contributed by atoms with E-state index in [4.69, 9.17) is 9.84 Å². The summed E-state index contributed by atoms with van der Waals surface area (Å²) < 4.78 is 6.44. The molecule has 2 aromatic carbocycles. The minimum absolute atomic E-state index is 0.00326. The molecule has 1 aliphatic rings. The number of aryl methyl sites for hydroxylation is 1. The fourth-order valence-electron chi connectivity index (χ4n) is 2.91. The number of anilines is 2. The maximum atomic E-state index is 12.0. The number of carboxylic acid groups (broad SMARTS) is 1. The Hall–Kier alpha value is -2.87. The van der Waals surface area contributed by atoms with Gasteiger partial charge in [0.15, 0.2) is 6.61 Å². The quantitative estimate of drug-likeness (QED) is 0.709. The molecule has 0 aromatic heterocycles. The summed E-state index contributed by atoms with van der Waals surface area (Å²) in [6, 6.07) is 12.1. The van der Waals surface area contributed by atoms with Crippen molar-refractivity contribution >= 4 is 45.1 Å². The monoisotopic (exact) mass is 446 g/mol. The molecule has 3 rings (SSSR count). The lowest BCUT2D eigenvalue weighted by Crippen LogP contribution is -2.25. The predicted octanol–water partition coefficient (Wildman–Crippen LogP) is 3.21. The topological polar surface area (TPSA) is 95.9 Å². The maximum absolute atomic E-state index is 12.0. The fraction of sp³-hybridized carbons (Fsp3) is 0.250. The van der Waals surface area contributed by atoms with Crippen LogP contribution in [0.2, 0.25) is 0 Å². The van der Waals surface area contributed by atoms with Crippen molar-refractivity contribution in [1.82, 2.24) is 0 Å². The van der Waals surface area contributed by atoms with E-state index in [-0.39, 0.29) is 31.4 Å². The van der Waals surface area contributed by atoms with Gasteiger partial charge in [0.25, 0.3) is 5.91 Å². The van der Waals surface area contributed by atoms with E-state index in [2.05, 4.69) is 21.2 Å². The number of nitrogens with zero attached hydrogens (tertiary/aromatic N) is 1. The van der Waals surface area contributed by atoms with Gasteiger partial charge in [-0.3, -0.25) is 14.4 Å². The van der Waals surface area contributed by atoms with E-state index in [1.54, 1.807) is 30.3 Å². The highest BCUT2D eigenvalue weighted by Crippen LogP contribution is 2.27. The third-order valence-electron chi connectivity index (χ3n) is 4.43. The van der Waals surface area contributed by atoms with Crippen molar-refractivity contribution in [2.75, 3.05) is 23.4 Å². The zero-order chi connectivity index (χ0) is 20.3. The van der Waals surface area contributed by atoms with E-state index in [1.807, 2.05) is 19.1 Å². The van der Waals surface area contributed by atoms with Gasteiger partial charge in [-0.2, -0.15) is 0 Å². The first-order valence-electron chi connectivity index (χ1n) is 8.65. The Morgan fingerprint density at radius 2 is 1.96 bits per heavy atom. The summed E-state index contributed by atoms with van der Waals surface area (Å²) in [6.45, 7) is 1.93. The van der Waals surface area contributed by atoms with Crippen LogP contribution >= 0.6 is 15.9 Å². The molecule has 1 atom stereocenters. The molecule has 1 saturated heterocycles. The number of halogens is 1. The van der Waals surface area contributed by atoms with Crippen molar-refractivity contribution in [2.24, 2.45) is 5.92 Å². The minimum Gasteiger partial charge on any atom is -0.484 e. The SMILES string of the molecule is Cc1cc(NC(=O)COc2ccc(N3C[C@H](C(=O)O)CC3=O)cc2)ccc1Br. The average molecular weight is 447 g/mol. The molecule has 1 fully saturated rings. The Morgan fingerprint density at radius 3 is 2.57 bits per heavy atom. The Labute approximate surface area is 170 Å². The second kappa shape index (κ2) is 8.43.